The molecule has 6 nitrogen and oxygen atoms in total. The molecule has 1 aliphatic heterocycles. The summed E-state index contributed by atoms with van der Waals surface area (Å²) in [5.74, 6) is 0.829. The molecule has 2 N–H and O–H groups in total. The second-order valence-electron chi connectivity index (χ2n) is 7.18. The largest absolute Gasteiger partial charge is 0.381 e. The van der Waals surface area contributed by atoms with Crippen LogP contribution in [0, 0.1) is 0 Å². The summed E-state index contributed by atoms with van der Waals surface area (Å²) in [5.41, 5.74) is 3.63. The molecule has 152 valence electrons. The molecule has 0 saturated carbocycles. The first-order valence-corrected chi connectivity index (χ1v) is 10.1. The van der Waals surface area contributed by atoms with Gasteiger partial charge in [-0.1, -0.05) is 24.3 Å². The van der Waals surface area contributed by atoms with Gasteiger partial charge in [0.25, 0.3) is 0 Å². The standard InChI is InChI=1S/C22H32N4O2/c1-3-23-22(25-15-20-7-10-26(2)16-20)24-14-18-5-4-6-19(13-18)17-28-21-8-11-27-12-9-21/h4-7,10,13,16,21H,3,8-9,11-12,14-15,17H2,1-2H3,(H2,23,24,25). The first-order chi connectivity index (χ1) is 13.7. The zero-order valence-electron chi connectivity index (χ0n) is 17.0. The van der Waals surface area contributed by atoms with Crippen LogP contribution >= 0.6 is 0 Å². The van der Waals surface area contributed by atoms with Gasteiger partial charge in [0.2, 0.25) is 0 Å². The third kappa shape index (κ3) is 6.69. The van der Waals surface area contributed by atoms with Crippen LogP contribution in [0.15, 0.2) is 47.7 Å². The van der Waals surface area contributed by atoms with Crippen molar-refractivity contribution in [2.45, 2.75) is 45.6 Å². The van der Waals surface area contributed by atoms with Crippen LogP contribution in [0.25, 0.3) is 0 Å². The van der Waals surface area contributed by atoms with Crippen molar-refractivity contribution in [2.24, 2.45) is 12.0 Å². The summed E-state index contributed by atoms with van der Waals surface area (Å²) in [6.07, 6.45) is 6.44. The number of hydrogen-bond acceptors (Lipinski definition) is 3. The molecule has 0 aliphatic carbocycles. The van der Waals surface area contributed by atoms with E-state index in [1.165, 1.54) is 16.7 Å². The molecule has 28 heavy (non-hydrogen) atoms. The van der Waals surface area contributed by atoms with E-state index in [1.807, 2.05) is 17.8 Å². The molecular weight excluding hydrogens is 352 g/mol. The van der Waals surface area contributed by atoms with Gasteiger partial charge in [-0.2, -0.15) is 0 Å². The Morgan fingerprint density at radius 1 is 1.18 bits per heavy atom. The van der Waals surface area contributed by atoms with Crippen LogP contribution < -0.4 is 10.6 Å². The van der Waals surface area contributed by atoms with Gasteiger partial charge in [0.05, 0.1) is 19.3 Å². The van der Waals surface area contributed by atoms with Gasteiger partial charge < -0.3 is 24.7 Å². The van der Waals surface area contributed by atoms with Crippen LogP contribution in [0.3, 0.4) is 0 Å². The average molecular weight is 385 g/mol. The monoisotopic (exact) mass is 384 g/mol. The Morgan fingerprint density at radius 2 is 2.00 bits per heavy atom. The van der Waals surface area contributed by atoms with Gasteiger partial charge in [0.15, 0.2) is 5.96 Å². The number of hydrogen-bond donors (Lipinski definition) is 2. The zero-order chi connectivity index (χ0) is 19.6. The van der Waals surface area contributed by atoms with Crippen molar-refractivity contribution in [2.75, 3.05) is 19.8 Å². The minimum Gasteiger partial charge on any atom is -0.381 e. The van der Waals surface area contributed by atoms with E-state index in [1.54, 1.807) is 0 Å². The van der Waals surface area contributed by atoms with Gasteiger partial charge in [-0.3, -0.25) is 0 Å². The van der Waals surface area contributed by atoms with Gasteiger partial charge in [-0.25, -0.2) is 4.99 Å². The van der Waals surface area contributed by atoms with E-state index in [4.69, 9.17) is 9.47 Å². The first-order valence-electron chi connectivity index (χ1n) is 10.1. The second-order valence-corrected chi connectivity index (χ2v) is 7.18. The molecule has 0 atom stereocenters. The summed E-state index contributed by atoms with van der Waals surface area (Å²) in [4.78, 5) is 4.68. The summed E-state index contributed by atoms with van der Waals surface area (Å²) >= 11 is 0. The van der Waals surface area contributed by atoms with Crippen LogP contribution in [0.4, 0.5) is 0 Å². The molecule has 1 aromatic heterocycles. The van der Waals surface area contributed by atoms with Crippen LogP contribution in [-0.2, 0) is 36.2 Å². The molecule has 6 heteroatoms. The number of guanidine groups is 1. The number of aliphatic imine (C=N–C) groups is 1. The topological polar surface area (TPSA) is 59.8 Å². The Bertz CT molecular complexity index is 750. The Morgan fingerprint density at radius 3 is 2.75 bits per heavy atom. The lowest BCUT2D eigenvalue weighted by Crippen LogP contribution is -2.36. The summed E-state index contributed by atoms with van der Waals surface area (Å²) < 4.78 is 13.5. The number of rotatable bonds is 8. The highest BCUT2D eigenvalue weighted by atomic mass is 16.5. The smallest absolute Gasteiger partial charge is 0.191 e. The van der Waals surface area contributed by atoms with Crippen molar-refractivity contribution < 1.29 is 9.47 Å². The third-order valence-electron chi connectivity index (χ3n) is 4.76. The van der Waals surface area contributed by atoms with Crippen molar-refractivity contribution in [3.63, 3.8) is 0 Å². The van der Waals surface area contributed by atoms with Gasteiger partial charge in [0, 0.05) is 45.7 Å². The highest BCUT2D eigenvalue weighted by Crippen LogP contribution is 2.14. The Hall–Kier alpha value is -2.31. The van der Waals surface area contributed by atoms with E-state index in [0.29, 0.717) is 19.3 Å². The molecule has 0 bridgehead atoms. The minimum atomic E-state index is 0.320. The number of benzene rings is 1. The summed E-state index contributed by atoms with van der Waals surface area (Å²) in [7, 11) is 2.02. The zero-order valence-corrected chi connectivity index (χ0v) is 17.0. The number of nitrogens with one attached hydrogen (secondary N) is 2. The maximum atomic E-state index is 6.04. The Kier molecular flexibility index (Phi) is 7.94. The number of aryl methyl sites for hydroxylation is 1. The third-order valence-corrected chi connectivity index (χ3v) is 4.76. The molecule has 0 spiro atoms. The van der Waals surface area contributed by atoms with Crippen molar-refractivity contribution >= 4 is 5.96 Å². The van der Waals surface area contributed by atoms with Gasteiger partial charge in [0.1, 0.15) is 0 Å². The fourth-order valence-corrected chi connectivity index (χ4v) is 3.24. The highest BCUT2D eigenvalue weighted by molar-refractivity contribution is 5.79. The van der Waals surface area contributed by atoms with Crippen LogP contribution in [0.1, 0.15) is 36.5 Å². The summed E-state index contributed by atoms with van der Waals surface area (Å²) in [6.45, 7) is 6.57. The van der Waals surface area contributed by atoms with Crippen molar-refractivity contribution in [3.8, 4) is 0 Å². The van der Waals surface area contributed by atoms with Gasteiger partial charge in [-0.15, -0.1) is 0 Å². The van der Waals surface area contributed by atoms with Crippen LogP contribution in [0.2, 0.25) is 0 Å². The molecule has 0 unspecified atom stereocenters. The Balaban J connectivity index is 1.51. The van der Waals surface area contributed by atoms with Crippen LogP contribution in [-0.4, -0.2) is 36.4 Å². The van der Waals surface area contributed by atoms with Crippen molar-refractivity contribution in [1.82, 2.24) is 15.2 Å². The van der Waals surface area contributed by atoms with E-state index in [9.17, 15) is 0 Å². The predicted molar refractivity (Wildman–Crippen MR) is 112 cm³/mol. The van der Waals surface area contributed by atoms with E-state index < -0.39 is 0 Å². The molecule has 1 aliphatic rings. The Labute approximate surface area is 168 Å². The summed E-state index contributed by atoms with van der Waals surface area (Å²) in [6, 6.07) is 10.6. The minimum absolute atomic E-state index is 0.320. The fraction of sp³-hybridized carbons (Fsp3) is 0.500. The van der Waals surface area contributed by atoms with Gasteiger partial charge in [-0.05, 0) is 42.5 Å². The number of ether oxygens (including phenoxy) is 2. The first kappa shape index (κ1) is 20.4. The normalized spacial score (nSPS) is 15.6. The lowest BCUT2D eigenvalue weighted by molar-refractivity contribution is -0.0390. The lowest BCUT2D eigenvalue weighted by Gasteiger charge is -2.22. The molecule has 1 saturated heterocycles. The molecule has 0 amide bonds. The number of nitrogens with zero attached hydrogens (tertiary/aromatic N) is 2. The molecular formula is C22H32N4O2. The maximum Gasteiger partial charge on any atom is 0.191 e. The summed E-state index contributed by atoms with van der Waals surface area (Å²) in [5, 5.41) is 6.73. The second kappa shape index (κ2) is 10.9. The SMILES string of the molecule is CCNC(=NCc1ccn(C)c1)NCc1cccc(COC2CCOCC2)c1. The van der Waals surface area contributed by atoms with E-state index >= 15 is 0 Å². The average Bonchev–Trinajstić information content (AvgIpc) is 3.15. The van der Waals surface area contributed by atoms with Crippen molar-refractivity contribution in [3.05, 3.63) is 59.4 Å². The van der Waals surface area contributed by atoms with E-state index in [2.05, 4.69) is 59.1 Å². The molecule has 1 aromatic carbocycles. The quantitative estimate of drug-likeness (QED) is 0.543. The molecule has 1 fully saturated rings. The number of aromatic nitrogens is 1. The molecule has 3 rings (SSSR count). The highest BCUT2D eigenvalue weighted by Gasteiger charge is 2.14. The lowest BCUT2D eigenvalue weighted by atomic mass is 10.1. The van der Waals surface area contributed by atoms with Gasteiger partial charge >= 0.3 is 0 Å². The molecule has 0 radical (unpaired) electrons. The predicted octanol–water partition coefficient (Wildman–Crippen LogP) is 2.98. The van der Waals surface area contributed by atoms with Crippen LogP contribution in [0.5, 0.6) is 0 Å². The fourth-order valence-electron chi connectivity index (χ4n) is 3.24. The maximum absolute atomic E-state index is 6.04. The molecule has 2 aromatic rings. The van der Waals surface area contributed by atoms with E-state index in [0.717, 1.165) is 45.1 Å². The van der Waals surface area contributed by atoms with Crippen molar-refractivity contribution in [1.29, 1.82) is 0 Å². The van der Waals surface area contributed by atoms with E-state index in [-0.39, 0.29) is 0 Å². The molecule has 2 heterocycles.